The first-order valence-electron chi connectivity index (χ1n) is 8.99. The molecule has 0 atom stereocenters. The van der Waals surface area contributed by atoms with Crippen LogP contribution in [0, 0.1) is 0 Å². The molecule has 0 aliphatic carbocycles. The number of carbonyl (C=O) groups is 1. The first kappa shape index (κ1) is 28.8. The van der Waals surface area contributed by atoms with Gasteiger partial charge in [-0.2, -0.15) is 0 Å². The monoisotopic (exact) mass is 534 g/mol. The molecule has 0 saturated heterocycles. The van der Waals surface area contributed by atoms with Crippen LogP contribution in [0.4, 0.5) is 0 Å². The number of unbranched alkanes of at least 4 members (excludes halogenated alkanes) is 14. The summed E-state index contributed by atoms with van der Waals surface area (Å²) in [7, 11) is 0. The normalized spacial score (nSPS) is 9.86. The van der Waals surface area contributed by atoms with Crippen molar-refractivity contribution in [1.29, 1.82) is 0 Å². The summed E-state index contributed by atoms with van der Waals surface area (Å²) in [6.07, 6.45) is 20.2. The minimum atomic E-state index is -0.653. The van der Waals surface area contributed by atoms with Crippen molar-refractivity contribution in [2.75, 3.05) is 0 Å². The summed E-state index contributed by atoms with van der Waals surface area (Å²) in [6.45, 7) is 2.27. The molecule has 128 valence electrons. The molecule has 0 fully saturated rings. The molecule has 0 amide bonds. The second-order valence-electron chi connectivity index (χ2n) is 6.09. The third-order valence-corrected chi connectivity index (χ3v) is 3.99. The molecule has 4 heteroatoms. The summed E-state index contributed by atoms with van der Waals surface area (Å²) >= 11 is 0. The van der Waals surface area contributed by atoms with Crippen LogP contribution in [-0.4, -0.2) is 89.8 Å². The van der Waals surface area contributed by atoms with Gasteiger partial charge in [0.05, 0.1) is 0 Å². The summed E-state index contributed by atoms with van der Waals surface area (Å²) in [5.74, 6) is -0.653. The van der Waals surface area contributed by atoms with Crippen molar-refractivity contribution in [2.24, 2.45) is 0 Å². The van der Waals surface area contributed by atoms with Gasteiger partial charge < -0.3 is 5.11 Å². The van der Waals surface area contributed by atoms with E-state index in [-0.39, 0.29) is 78.7 Å². The SMILES string of the molecule is CCCCCCCCCCCCCCCCCC(=O)O.[KH].[PbH2]. The van der Waals surface area contributed by atoms with E-state index >= 15 is 0 Å². The van der Waals surface area contributed by atoms with Crippen molar-refractivity contribution in [1.82, 2.24) is 0 Å². The number of rotatable bonds is 16. The van der Waals surface area contributed by atoms with Crippen molar-refractivity contribution < 1.29 is 9.90 Å². The Labute approximate surface area is 201 Å². The van der Waals surface area contributed by atoms with Gasteiger partial charge in [0.2, 0.25) is 0 Å². The van der Waals surface area contributed by atoms with Gasteiger partial charge >= 0.3 is 84.7 Å². The molecular weight excluding hydrogens is 494 g/mol. The summed E-state index contributed by atoms with van der Waals surface area (Å²) in [5, 5.41) is 8.52. The molecule has 0 aromatic heterocycles. The van der Waals surface area contributed by atoms with Crippen molar-refractivity contribution in [3.8, 4) is 0 Å². The fraction of sp³-hybridized carbons (Fsp3) is 0.944. The van der Waals surface area contributed by atoms with Gasteiger partial charge in [0.1, 0.15) is 0 Å². The van der Waals surface area contributed by atoms with Gasteiger partial charge in [0.25, 0.3) is 0 Å². The topological polar surface area (TPSA) is 37.3 Å². The summed E-state index contributed by atoms with van der Waals surface area (Å²) in [4.78, 5) is 10.3. The van der Waals surface area contributed by atoms with Gasteiger partial charge in [-0.3, -0.25) is 4.79 Å². The standard InChI is InChI=1S/C18H36O2.K.Pb.3H/c1-2-3-4-5-6-7-8-9-10-11-12-13-14-15-16-17-18(19)20;;;;;/h2-17H2,1H3,(H,19,20);;;;;. The molecule has 22 heavy (non-hydrogen) atoms. The van der Waals surface area contributed by atoms with Gasteiger partial charge in [-0.15, -0.1) is 0 Å². The second-order valence-corrected chi connectivity index (χ2v) is 6.09. The van der Waals surface area contributed by atoms with Crippen LogP contribution in [0.3, 0.4) is 0 Å². The average molecular weight is 534 g/mol. The van der Waals surface area contributed by atoms with Crippen LogP contribution in [0.2, 0.25) is 0 Å². The molecule has 0 heterocycles. The molecule has 0 aliphatic rings. The minimum absolute atomic E-state index is 0. The van der Waals surface area contributed by atoms with Crippen LogP contribution >= 0.6 is 0 Å². The van der Waals surface area contributed by atoms with Gasteiger partial charge in [-0.1, -0.05) is 96.8 Å². The molecule has 0 aliphatic heterocycles. The zero-order valence-electron chi connectivity index (χ0n) is 14.4. The van der Waals surface area contributed by atoms with Crippen molar-refractivity contribution in [3.05, 3.63) is 0 Å². The van der Waals surface area contributed by atoms with E-state index in [4.69, 9.17) is 5.11 Å². The van der Waals surface area contributed by atoms with Crippen molar-refractivity contribution in [2.45, 2.75) is 110 Å². The number of aliphatic carboxylic acids is 1. The van der Waals surface area contributed by atoms with Crippen molar-refractivity contribution >= 4 is 84.7 Å². The van der Waals surface area contributed by atoms with E-state index in [1.165, 1.54) is 83.5 Å². The second kappa shape index (κ2) is 25.3. The third kappa shape index (κ3) is 26.9. The summed E-state index contributed by atoms with van der Waals surface area (Å²) < 4.78 is 0. The molecule has 0 spiro atoms. The van der Waals surface area contributed by atoms with Gasteiger partial charge in [-0.25, -0.2) is 0 Å². The predicted octanol–water partition coefficient (Wildman–Crippen LogP) is 4.77. The van der Waals surface area contributed by atoms with Crippen LogP contribution in [0.25, 0.3) is 0 Å². The Balaban J connectivity index is -0.00000180. The predicted molar refractivity (Wildman–Crippen MR) is 103 cm³/mol. The number of carboxylic acids is 1. The van der Waals surface area contributed by atoms with Crippen LogP contribution < -0.4 is 0 Å². The molecule has 0 rings (SSSR count). The third-order valence-electron chi connectivity index (χ3n) is 3.99. The fourth-order valence-electron chi connectivity index (χ4n) is 2.65. The molecule has 0 unspecified atom stereocenters. The zero-order chi connectivity index (χ0) is 14.9. The Morgan fingerprint density at radius 2 is 0.909 bits per heavy atom. The Morgan fingerprint density at radius 1 is 0.636 bits per heavy atom. The van der Waals surface area contributed by atoms with Crippen LogP contribution in [0.1, 0.15) is 110 Å². The summed E-state index contributed by atoms with van der Waals surface area (Å²) in [5.41, 5.74) is 0. The first-order chi connectivity index (χ1) is 9.77. The van der Waals surface area contributed by atoms with E-state index < -0.39 is 5.97 Å². The van der Waals surface area contributed by atoms with E-state index in [1.807, 2.05) is 0 Å². The fourth-order valence-corrected chi connectivity index (χ4v) is 2.65. The maximum atomic E-state index is 10.3. The average Bonchev–Trinajstić information content (AvgIpc) is 2.43. The van der Waals surface area contributed by atoms with E-state index in [0.29, 0.717) is 6.42 Å². The van der Waals surface area contributed by atoms with Gasteiger partial charge in [0, 0.05) is 6.42 Å². The molecule has 0 aromatic rings. The first-order valence-corrected chi connectivity index (χ1v) is 8.99. The van der Waals surface area contributed by atoms with Crippen molar-refractivity contribution in [3.63, 3.8) is 0 Å². The Bertz CT molecular complexity index is 213. The molecule has 0 aromatic carbocycles. The van der Waals surface area contributed by atoms with E-state index in [0.717, 1.165) is 12.8 Å². The maximum absolute atomic E-state index is 10.3. The number of hydrogen-bond acceptors (Lipinski definition) is 1. The molecule has 2 nitrogen and oxygen atoms in total. The van der Waals surface area contributed by atoms with E-state index in [9.17, 15) is 4.79 Å². The molecule has 1 N–H and O–H groups in total. The van der Waals surface area contributed by atoms with Crippen LogP contribution in [0.5, 0.6) is 0 Å². The van der Waals surface area contributed by atoms with Crippen LogP contribution in [0.15, 0.2) is 0 Å². The number of carboxylic acid groups (broad SMARTS) is 1. The number of hydrogen-bond donors (Lipinski definition) is 1. The molecule has 2 radical (unpaired) electrons. The summed E-state index contributed by atoms with van der Waals surface area (Å²) in [6, 6.07) is 0. The quantitative estimate of drug-likeness (QED) is 0.229. The Kier molecular flexibility index (Phi) is 33.1. The van der Waals surface area contributed by atoms with Crippen LogP contribution in [-0.2, 0) is 4.79 Å². The van der Waals surface area contributed by atoms with E-state index in [2.05, 4.69) is 6.92 Å². The van der Waals surface area contributed by atoms with Gasteiger partial charge in [0.15, 0.2) is 0 Å². The molecule has 0 bridgehead atoms. The van der Waals surface area contributed by atoms with E-state index in [1.54, 1.807) is 0 Å². The molecule has 0 saturated carbocycles. The Morgan fingerprint density at radius 3 is 1.18 bits per heavy atom. The Hall–Kier alpha value is 2.03. The van der Waals surface area contributed by atoms with Gasteiger partial charge in [-0.05, 0) is 6.42 Å². The zero-order valence-corrected chi connectivity index (χ0v) is 19.9. The molecular formula is C18H39KO2Pb.